The summed E-state index contributed by atoms with van der Waals surface area (Å²) in [7, 11) is 0. The highest BCUT2D eigenvalue weighted by atomic mass is 127. The summed E-state index contributed by atoms with van der Waals surface area (Å²) in [5, 5.41) is 0. The van der Waals surface area contributed by atoms with Crippen molar-refractivity contribution in [3.05, 3.63) is 69.3 Å². The molecule has 0 spiro atoms. The third kappa shape index (κ3) is 4.21. The number of hydrogen-bond acceptors (Lipinski definition) is 2. The number of rotatable bonds is 4. The molecule has 0 atom stereocenters. The van der Waals surface area contributed by atoms with E-state index in [0.717, 1.165) is 19.6 Å². The largest absolute Gasteiger partial charge is 0.289 e. The molecule has 2 aromatic carbocycles. The second-order valence-corrected chi connectivity index (χ2v) is 6.11. The fourth-order valence-corrected chi connectivity index (χ4v) is 2.61. The molecule has 0 N–H and O–H groups in total. The van der Waals surface area contributed by atoms with Gasteiger partial charge in [0.05, 0.1) is 0 Å². The number of allylic oxidation sites excluding steroid dienone is 1. The predicted molar refractivity (Wildman–Crippen MR) is 90.7 cm³/mol. The molecule has 3 heteroatoms. The number of ketones is 1. The van der Waals surface area contributed by atoms with Crippen molar-refractivity contribution in [3.8, 4) is 0 Å². The lowest BCUT2D eigenvalue weighted by molar-refractivity contribution is 0.104. The van der Waals surface area contributed by atoms with E-state index in [1.165, 1.54) is 0 Å². The van der Waals surface area contributed by atoms with E-state index in [0.29, 0.717) is 0 Å². The first kappa shape index (κ1) is 14.3. The first-order valence-corrected chi connectivity index (χ1v) is 8.11. The normalized spacial score (nSPS) is 10.8. The van der Waals surface area contributed by atoms with Crippen LogP contribution in [0.1, 0.15) is 15.9 Å². The number of halogens is 1. The molecular weight excluding hydrogens is 367 g/mol. The number of carbonyl (C=O) groups is 1. The minimum absolute atomic E-state index is 0.0338. The Morgan fingerprint density at radius 2 is 1.89 bits per heavy atom. The maximum Gasteiger partial charge on any atom is 0.185 e. The Morgan fingerprint density at radius 1 is 1.16 bits per heavy atom. The molecule has 0 unspecified atom stereocenters. The highest BCUT2D eigenvalue weighted by Crippen LogP contribution is 2.16. The van der Waals surface area contributed by atoms with Crippen molar-refractivity contribution in [1.29, 1.82) is 0 Å². The molecule has 19 heavy (non-hydrogen) atoms. The van der Waals surface area contributed by atoms with Crippen LogP contribution in [0, 0.1) is 3.57 Å². The van der Waals surface area contributed by atoms with Gasteiger partial charge in [0.15, 0.2) is 5.78 Å². The number of carbonyl (C=O) groups excluding carboxylic acids is 1. The maximum absolute atomic E-state index is 12.0. The highest BCUT2D eigenvalue weighted by molar-refractivity contribution is 14.1. The average Bonchev–Trinajstić information content (AvgIpc) is 2.45. The Bertz CT molecular complexity index is 602. The monoisotopic (exact) mass is 380 g/mol. The summed E-state index contributed by atoms with van der Waals surface area (Å²) in [6.45, 7) is 0. The van der Waals surface area contributed by atoms with Crippen molar-refractivity contribution >= 4 is 46.2 Å². The molecular formula is C16H13IOS. The molecule has 0 saturated heterocycles. The molecule has 2 aromatic rings. The van der Waals surface area contributed by atoms with Crippen LogP contribution in [0.25, 0.3) is 6.08 Å². The van der Waals surface area contributed by atoms with Crippen molar-refractivity contribution in [2.24, 2.45) is 0 Å². The van der Waals surface area contributed by atoms with Crippen molar-refractivity contribution < 1.29 is 4.79 Å². The van der Waals surface area contributed by atoms with Crippen molar-refractivity contribution in [3.63, 3.8) is 0 Å². The molecule has 0 fully saturated rings. The summed E-state index contributed by atoms with van der Waals surface area (Å²) in [5.74, 6) is 0.0338. The van der Waals surface area contributed by atoms with Gasteiger partial charge in [0.1, 0.15) is 0 Å². The number of hydrogen-bond donors (Lipinski definition) is 0. The molecule has 2 rings (SSSR count). The van der Waals surface area contributed by atoms with Gasteiger partial charge in [0, 0.05) is 14.0 Å². The molecule has 1 nitrogen and oxygen atoms in total. The first-order chi connectivity index (χ1) is 9.19. The number of benzene rings is 2. The predicted octanol–water partition coefficient (Wildman–Crippen LogP) is 4.91. The fraction of sp³-hybridized carbons (Fsp3) is 0.0625. The molecule has 96 valence electrons. The van der Waals surface area contributed by atoms with E-state index in [4.69, 9.17) is 0 Å². The van der Waals surface area contributed by atoms with Crippen molar-refractivity contribution in [1.82, 2.24) is 0 Å². The van der Waals surface area contributed by atoms with Gasteiger partial charge in [-0.15, -0.1) is 11.8 Å². The standard InChI is InChI=1S/C16H13IOS/c1-19-15-8-6-13(7-9-15)16(18)10-5-12-3-2-4-14(17)11-12/h2-11H,1H3. The van der Waals surface area contributed by atoms with Gasteiger partial charge in [-0.2, -0.15) is 0 Å². The number of thioether (sulfide) groups is 1. The highest BCUT2D eigenvalue weighted by Gasteiger charge is 2.01. The minimum atomic E-state index is 0.0338. The molecule has 0 bridgehead atoms. The van der Waals surface area contributed by atoms with Gasteiger partial charge >= 0.3 is 0 Å². The Labute approximate surface area is 131 Å². The summed E-state index contributed by atoms with van der Waals surface area (Å²) in [5.41, 5.74) is 1.76. The summed E-state index contributed by atoms with van der Waals surface area (Å²) in [6.07, 6.45) is 5.50. The molecule has 0 aromatic heterocycles. The third-order valence-electron chi connectivity index (χ3n) is 2.65. The van der Waals surface area contributed by atoms with Gasteiger partial charge in [0.25, 0.3) is 0 Å². The van der Waals surface area contributed by atoms with Crippen LogP contribution in [0.5, 0.6) is 0 Å². The van der Waals surface area contributed by atoms with E-state index in [9.17, 15) is 4.79 Å². The van der Waals surface area contributed by atoms with Gasteiger partial charge in [-0.3, -0.25) is 4.79 Å². The van der Waals surface area contributed by atoms with Crippen molar-refractivity contribution in [2.45, 2.75) is 4.90 Å². The van der Waals surface area contributed by atoms with Crippen LogP contribution in [0.15, 0.2) is 59.5 Å². The third-order valence-corrected chi connectivity index (χ3v) is 4.06. The van der Waals surface area contributed by atoms with Crippen molar-refractivity contribution in [2.75, 3.05) is 6.26 Å². The van der Waals surface area contributed by atoms with E-state index in [-0.39, 0.29) is 5.78 Å². The Morgan fingerprint density at radius 3 is 2.53 bits per heavy atom. The van der Waals surface area contributed by atoms with Gasteiger partial charge in [-0.1, -0.05) is 18.2 Å². The van der Waals surface area contributed by atoms with E-state index in [2.05, 4.69) is 22.6 Å². The molecule has 0 amide bonds. The Kier molecular flexibility index (Phi) is 5.22. The zero-order valence-electron chi connectivity index (χ0n) is 10.5. The first-order valence-electron chi connectivity index (χ1n) is 5.81. The molecule has 0 heterocycles. The van der Waals surface area contributed by atoms with Crippen LogP contribution < -0.4 is 0 Å². The topological polar surface area (TPSA) is 17.1 Å². The lowest BCUT2D eigenvalue weighted by Crippen LogP contribution is -1.93. The summed E-state index contributed by atoms with van der Waals surface area (Å²) in [4.78, 5) is 13.2. The summed E-state index contributed by atoms with van der Waals surface area (Å²) < 4.78 is 1.16. The zero-order chi connectivity index (χ0) is 13.7. The van der Waals surface area contributed by atoms with Gasteiger partial charge in [0.2, 0.25) is 0 Å². The quantitative estimate of drug-likeness (QED) is 0.325. The smallest absolute Gasteiger partial charge is 0.185 e. The van der Waals surface area contributed by atoms with Crippen LogP contribution in [0.3, 0.4) is 0 Å². The Hall–Kier alpha value is -1.07. The van der Waals surface area contributed by atoms with Gasteiger partial charge in [-0.25, -0.2) is 0 Å². The molecule has 0 radical (unpaired) electrons. The van der Waals surface area contributed by atoms with Crippen LogP contribution >= 0.6 is 34.4 Å². The van der Waals surface area contributed by atoms with E-state index in [1.54, 1.807) is 17.8 Å². The van der Waals surface area contributed by atoms with Gasteiger partial charge < -0.3 is 0 Å². The fourth-order valence-electron chi connectivity index (χ4n) is 1.63. The molecule has 0 aliphatic rings. The van der Waals surface area contributed by atoms with Crippen LogP contribution in [0.4, 0.5) is 0 Å². The second-order valence-electron chi connectivity index (χ2n) is 3.98. The maximum atomic E-state index is 12.0. The molecule has 0 saturated carbocycles. The van der Waals surface area contributed by atoms with E-state index >= 15 is 0 Å². The molecule has 0 aliphatic heterocycles. The SMILES string of the molecule is CSc1ccc(C(=O)C=Cc2cccc(I)c2)cc1. The van der Waals surface area contributed by atoms with Crippen LogP contribution in [0.2, 0.25) is 0 Å². The van der Waals surface area contributed by atoms with Crippen LogP contribution in [-0.4, -0.2) is 12.0 Å². The average molecular weight is 380 g/mol. The van der Waals surface area contributed by atoms with E-state index < -0.39 is 0 Å². The minimum Gasteiger partial charge on any atom is -0.289 e. The summed E-state index contributed by atoms with van der Waals surface area (Å²) in [6, 6.07) is 15.7. The summed E-state index contributed by atoms with van der Waals surface area (Å²) >= 11 is 3.93. The Balaban J connectivity index is 2.11. The molecule has 0 aliphatic carbocycles. The lowest BCUT2D eigenvalue weighted by atomic mass is 10.1. The van der Waals surface area contributed by atoms with E-state index in [1.807, 2.05) is 60.9 Å². The second kappa shape index (κ2) is 6.91. The van der Waals surface area contributed by atoms with Gasteiger partial charge in [-0.05, 0) is 76.9 Å². The zero-order valence-corrected chi connectivity index (χ0v) is 13.4. The van der Waals surface area contributed by atoms with Crippen LogP contribution in [-0.2, 0) is 0 Å². The lowest BCUT2D eigenvalue weighted by Gasteiger charge is -1.99.